The monoisotopic (exact) mass is 433 g/mol. The van der Waals surface area contributed by atoms with Gasteiger partial charge in [-0.15, -0.1) is 0 Å². The predicted molar refractivity (Wildman–Crippen MR) is 107 cm³/mol. The number of hydrazone groups is 1. The number of carbonyl (C=O) groups is 1. The van der Waals surface area contributed by atoms with E-state index in [0.717, 1.165) is 10.0 Å². The summed E-state index contributed by atoms with van der Waals surface area (Å²) in [5.74, 6) is 0.526. The van der Waals surface area contributed by atoms with Gasteiger partial charge in [-0.25, -0.2) is 5.43 Å². The molecule has 0 heterocycles. The van der Waals surface area contributed by atoms with E-state index in [4.69, 9.17) is 4.74 Å². The SMILES string of the molecule is CC(=NNC(=O)COc1ccc(C(C)C)cc1Br)c1cccc([N+](=O)[O-])c1. The summed E-state index contributed by atoms with van der Waals surface area (Å²) in [7, 11) is 0. The fourth-order valence-electron chi connectivity index (χ4n) is 2.22. The molecule has 0 saturated heterocycles. The molecule has 1 amide bonds. The number of nitro benzene ring substituents is 1. The molecule has 0 aliphatic heterocycles. The number of rotatable bonds is 7. The van der Waals surface area contributed by atoms with E-state index < -0.39 is 10.8 Å². The average molecular weight is 434 g/mol. The second kappa shape index (κ2) is 9.27. The first kappa shape index (κ1) is 20.6. The van der Waals surface area contributed by atoms with Crippen molar-refractivity contribution in [3.8, 4) is 5.75 Å². The van der Waals surface area contributed by atoms with Crippen LogP contribution >= 0.6 is 15.9 Å². The largest absolute Gasteiger partial charge is 0.483 e. The molecule has 0 fully saturated rings. The zero-order valence-corrected chi connectivity index (χ0v) is 16.8. The van der Waals surface area contributed by atoms with Crippen molar-refractivity contribution in [3.63, 3.8) is 0 Å². The van der Waals surface area contributed by atoms with Gasteiger partial charge in [0.25, 0.3) is 11.6 Å². The van der Waals surface area contributed by atoms with E-state index in [1.807, 2.05) is 18.2 Å². The Labute approximate surface area is 165 Å². The molecular formula is C19H20BrN3O4. The molecule has 0 saturated carbocycles. The first-order chi connectivity index (χ1) is 12.8. The Morgan fingerprint density at radius 2 is 2.04 bits per heavy atom. The van der Waals surface area contributed by atoms with Crippen LogP contribution < -0.4 is 10.2 Å². The van der Waals surface area contributed by atoms with Crippen LogP contribution in [0.1, 0.15) is 37.8 Å². The van der Waals surface area contributed by atoms with Gasteiger partial charge in [-0.05, 0) is 46.5 Å². The summed E-state index contributed by atoms with van der Waals surface area (Å²) < 4.78 is 6.28. The van der Waals surface area contributed by atoms with Gasteiger partial charge in [-0.2, -0.15) is 5.10 Å². The van der Waals surface area contributed by atoms with E-state index in [9.17, 15) is 14.9 Å². The second-order valence-electron chi connectivity index (χ2n) is 6.17. The van der Waals surface area contributed by atoms with Crippen LogP contribution in [-0.2, 0) is 4.79 Å². The van der Waals surface area contributed by atoms with E-state index in [1.165, 1.54) is 12.1 Å². The molecule has 0 atom stereocenters. The molecule has 7 nitrogen and oxygen atoms in total. The Kier molecular flexibility index (Phi) is 7.06. The van der Waals surface area contributed by atoms with Crippen molar-refractivity contribution in [2.45, 2.75) is 26.7 Å². The van der Waals surface area contributed by atoms with Gasteiger partial charge < -0.3 is 4.74 Å². The number of nitrogens with one attached hydrogen (secondary N) is 1. The Morgan fingerprint density at radius 1 is 1.30 bits per heavy atom. The lowest BCUT2D eigenvalue weighted by Gasteiger charge is -2.11. The van der Waals surface area contributed by atoms with Gasteiger partial charge in [0.05, 0.1) is 15.1 Å². The predicted octanol–water partition coefficient (Wildman–Crippen LogP) is 4.40. The summed E-state index contributed by atoms with van der Waals surface area (Å²) >= 11 is 3.44. The van der Waals surface area contributed by atoms with Crippen molar-refractivity contribution < 1.29 is 14.5 Å². The first-order valence-electron chi connectivity index (χ1n) is 8.28. The molecule has 0 unspecified atom stereocenters. The van der Waals surface area contributed by atoms with E-state index in [2.05, 4.69) is 40.3 Å². The number of amides is 1. The van der Waals surface area contributed by atoms with Gasteiger partial charge in [0.1, 0.15) is 5.75 Å². The molecule has 2 aromatic carbocycles. The van der Waals surface area contributed by atoms with Crippen LogP contribution in [0.15, 0.2) is 52.0 Å². The van der Waals surface area contributed by atoms with Crippen molar-refractivity contribution >= 4 is 33.2 Å². The number of halogens is 1. The minimum absolute atomic E-state index is 0.0357. The maximum Gasteiger partial charge on any atom is 0.277 e. The highest BCUT2D eigenvalue weighted by molar-refractivity contribution is 9.10. The standard InChI is InChI=1S/C19H20BrN3O4/c1-12(2)14-7-8-18(17(20)10-14)27-11-19(24)22-21-13(3)15-5-4-6-16(9-15)23(25)26/h4-10,12H,11H2,1-3H3,(H,22,24). The van der Waals surface area contributed by atoms with Crippen molar-refractivity contribution in [1.82, 2.24) is 5.43 Å². The van der Waals surface area contributed by atoms with Gasteiger partial charge in [-0.1, -0.05) is 32.0 Å². The van der Waals surface area contributed by atoms with Crippen molar-refractivity contribution in [2.75, 3.05) is 6.61 Å². The number of carbonyl (C=O) groups excluding carboxylic acids is 1. The van der Waals surface area contributed by atoms with Crippen LogP contribution in [0.2, 0.25) is 0 Å². The summed E-state index contributed by atoms with van der Waals surface area (Å²) in [6.45, 7) is 5.64. The van der Waals surface area contributed by atoms with E-state index >= 15 is 0 Å². The average Bonchev–Trinajstić information content (AvgIpc) is 2.64. The highest BCUT2D eigenvalue weighted by atomic mass is 79.9. The quantitative estimate of drug-likeness (QED) is 0.397. The third-order valence-electron chi connectivity index (χ3n) is 3.80. The van der Waals surface area contributed by atoms with Crippen molar-refractivity contribution in [2.24, 2.45) is 5.10 Å². The smallest absolute Gasteiger partial charge is 0.277 e. The molecule has 142 valence electrons. The second-order valence-corrected chi connectivity index (χ2v) is 7.03. The summed E-state index contributed by atoms with van der Waals surface area (Å²) in [5, 5.41) is 14.8. The molecular weight excluding hydrogens is 414 g/mol. The van der Waals surface area contributed by atoms with Crippen LogP contribution in [0.4, 0.5) is 5.69 Å². The normalized spacial score (nSPS) is 11.4. The molecule has 2 aromatic rings. The lowest BCUT2D eigenvalue weighted by molar-refractivity contribution is -0.384. The van der Waals surface area contributed by atoms with Gasteiger partial charge in [0.15, 0.2) is 6.61 Å². The summed E-state index contributed by atoms with van der Waals surface area (Å²) in [6.07, 6.45) is 0. The number of hydrogen-bond donors (Lipinski definition) is 1. The highest BCUT2D eigenvalue weighted by Crippen LogP contribution is 2.28. The van der Waals surface area contributed by atoms with E-state index in [0.29, 0.717) is 22.9 Å². The van der Waals surface area contributed by atoms with Crippen molar-refractivity contribution in [3.05, 3.63) is 68.2 Å². The van der Waals surface area contributed by atoms with Gasteiger partial charge in [0, 0.05) is 17.7 Å². The lowest BCUT2D eigenvalue weighted by Crippen LogP contribution is -2.25. The van der Waals surface area contributed by atoms with Gasteiger partial charge in [0.2, 0.25) is 0 Å². The third kappa shape index (κ3) is 5.89. The summed E-state index contributed by atoms with van der Waals surface area (Å²) in [5.41, 5.74) is 4.52. The third-order valence-corrected chi connectivity index (χ3v) is 4.42. The molecule has 0 aromatic heterocycles. The van der Waals surface area contributed by atoms with E-state index in [1.54, 1.807) is 19.1 Å². The molecule has 27 heavy (non-hydrogen) atoms. The van der Waals surface area contributed by atoms with Gasteiger partial charge >= 0.3 is 0 Å². The summed E-state index contributed by atoms with van der Waals surface area (Å²) in [4.78, 5) is 22.3. The molecule has 0 bridgehead atoms. The maximum absolute atomic E-state index is 11.9. The fraction of sp³-hybridized carbons (Fsp3) is 0.263. The Bertz CT molecular complexity index is 881. The van der Waals surface area contributed by atoms with Gasteiger partial charge in [-0.3, -0.25) is 14.9 Å². The molecule has 8 heteroatoms. The molecule has 0 aliphatic rings. The number of benzene rings is 2. The number of nitro groups is 1. The maximum atomic E-state index is 11.9. The molecule has 0 radical (unpaired) electrons. The fourth-order valence-corrected chi connectivity index (χ4v) is 2.74. The summed E-state index contributed by atoms with van der Waals surface area (Å²) in [6, 6.07) is 11.8. The topological polar surface area (TPSA) is 93.8 Å². The van der Waals surface area contributed by atoms with Crippen LogP contribution in [0.25, 0.3) is 0 Å². The zero-order chi connectivity index (χ0) is 20.0. The molecule has 0 spiro atoms. The molecule has 2 rings (SSSR count). The molecule has 0 aliphatic carbocycles. The van der Waals surface area contributed by atoms with Crippen LogP contribution in [0.5, 0.6) is 5.75 Å². The number of hydrogen-bond acceptors (Lipinski definition) is 5. The van der Waals surface area contributed by atoms with Crippen LogP contribution in [0.3, 0.4) is 0 Å². The van der Waals surface area contributed by atoms with E-state index in [-0.39, 0.29) is 12.3 Å². The highest BCUT2D eigenvalue weighted by Gasteiger charge is 2.10. The Balaban J connectivity index is 1.95. The minimum Gasteiger partial charge on any atom is -0.483 e. The minimum atomic E-state index is -0.481. The van der Waals surface area contributed by atoms with Crippen LogP contribution in [-0.4, -0.2) is 23.1 Å². The Hall–Kier alpha value is -2.74. The molecule has 1 N–H and O–H groups in total. The number of ether oxygens (including phenoxy) is 1. The van der Waals surface area contributed by atoms with Crippen LogP contribution in [0, 0.1) is 10.1 Å². The lowest BCUT2D eigenvalue weighted by atomic mass is 10.0. The Morgan fingerprint density at radius 3 is 2.67 bits per heavy atom. The number of nitrogens with zero attached hydrogens (tertiary/aromatic N) is 2. The number of non-ortho nitro benzene ring substituents is 1. The first-order valence-corrected chi connectivity index (χ1v) is 9.07. The van der Waals surface area contributed by atoms with Crippen molar-refractivity contribution in [1.29, 1.82) is 0 Å². The zero-order valence-electron chi connectivity index (χ0n) is 15.2.